The van der Waals surface area contributed by atoms with Crippen molar-refractivity contribution in [1.82, 2.24) is 4.90 Å². The zero-order valence-corrected chi connectivity index (χ0v) is 15.4. The van der Waals surface area contributed by atoms with Gasteiger partial charge in [-0.25, -0.2) is 0 Å². The monoisotopic (exact) mass is 371 g/mol. The van der Waals surface area contributed by atoms with Crippen molar-refractivity contribution in [3.8, 4) is 16.9 Å². The Labute approximate surface area is 157 Å². The molecule has 0 saturated carbocycles. The summed E-state index contributed by atoms with van der Waals surface area (Å²) in [5.41, 5.74) is 2.23. The summed E-state index contributed by atoms with van der Waals surface area (Å²) in [5.74, 6) is 0.960. The Balaban J connectivity index is 1.53. The number of carbonyl (C=O) groups excluding carboxylic acids is 2. The molecule has 1 aliphatic heterocycles. The molecule has 1 saturated heterocycles. The molecule has 0 N–H and O–H groups in total. The van der Waals surface area contributed by atoms with Gasteiger partial charge in [0, 0.05) is 18.8 Å². The van der Waals surface area contributed by atoms with Gasteiger partial charge in [0.1, 0.15) is 11.0 Å². The Morgan fingerprint density at radius 2 is 1.77 bits per heavy atom. The van der Waals surface area contributed by atoms with Crippen LogP contribution in [-0.4, -0.2) is 54.6 Å². The molecule has 0 spiro atoms. The molecule has 1 aliphatic rings. The van der Waals surface area contributed by atoms with E-state index >= 15 is 0 Å². The van der Waals surface area contributed by atoms with E-state index in [4.69, 9.17) is 9.47 Å². The maximum absolute atomic E-state index is 12.4. The minimum atomic E-state index is -0.317. The molecule has 1 heterocycles. The highest BCUT2D eigenvalue weighted by Crippen LogP contribution is 2.23. The maximum Gasteiger partial charge on any atom is 0.320 e. The summed E-state index contributed by atoms with van der Waals surface area (Å²) < 4.78 is 10.4. The average molecular weight is 371 g/mol. The van der Waals surface area contributed by atoms with Crippen LogP contribution in [0.4, 0.5) is 0 Å². The van der Waals surface area contributed by atoms with E-state index in [1.54, 1.807) is 4.90 Å². The summed E-state index contributed by atoms with van der Waals surface area (Å²) in [6.07, 6.45) is 0. The molecular formula is C20H21NO4S. The fraction of sp³-hybridized carbons (Fsp3) is 0.300. The number of benzene rings is 2. The molecule has 5 nitrogen and oxygen atoms in total. The Morgan fingerprint density at radius 3 is 2.46 bits per heavy atom. The van der Waals surface area contributed by atoms with Crippen LogP contribution in [0.25, 0.3) is 11.1 Å². The highest BCUT2D eigenvalue weighted by molar-refractivity contribution is 8.00. The normalized spacial score (nSPS) is 16.8. The van der Waals surface area contributed by atoms with Crippen LogP contribution >= 0.6 is 11.8 Å². The van der Waals surface area contributed by atoms with Crippen LogP contribution in [0.2, 0.25) is 0 Å². The Kier molecular flexibility index (Phi) is 6.17. The predicted octanol–water partition coefficient (Wildman–Crippen LogP) is 2.85. The van der Waals surface area contributed by atoms with Crippen molar-refractivity contribution in [2.24, 2.45) is 0 Å². The second-order valence-electron chi connectivity index (χ2n) is 5.90. The minimum Gasteiger partial charge on any atom is -0.484 e. The van der Waals surface area contributed by atoms with E-state index in [2.05, 4.69) is 0 Å². The summed E-state index contributed by atoms with van der Waals surface area (Å²) in [6.45, 7) is 0.947. The van der Waals surface area contributed by atoms with E-state index < -0.39 is 0 Å². The minimum absolute atomic E-state index is 0.0384. The SMILES string of the molecule is COC(=O)[C@H]1CN(C(=O)COc2ccc(-c3ccccc3)cc2)CCS1. The van der Waals surface area contributed by atoms with E-state index in [-0.39, 0.29) is 23.7 Å². The summed E-state index contributed by atoms with van der Waals surface area (Å²) in [7, 11) is 1.37. The van der Waals surface area contributed by atoms with Crippen molar-refractivity contribution >= 4 is 23.6 Å². The highest BCUT2D eigenvalue weighted by atomic mass is 32.2. The van der Waals surface area contributed by atoms with E-state index in [1.807, 2.05) is 54.6 Å². The van der Waals surface area contributed by atoms with Crippen LogP contribution in [0.15, 0.2) is 54.6 Å². The van der Waals surface area contributed by atoms with Crippen molar-refractivity contribution in [3.63, 3.8) is 0 Å². The predicted molar refractivity (Wildman–Crippen MR) is 102 cm³/mol. The maximum atomic E-state index is 12.4. The zero-order chi connectivity index (χ0) is 18.4. The molecule has 1 amide bonds. The number of methoxy groups -OCH3 is 1. The van der Waals surface area contributed by atoms with E-state index in [1.165, 1.54) is 18.9 Å². The average Bonchev–Trinajstić information content (AvgIpc) is 2.72. The first kappa shape index (κ1) is 18.3. The summed E-state index contributed by atoms with van der Waals surface area (Å²) in [6, 6.07) is 17.7. The van der Waals surface area contributed by atoms with E-state index in [0.29, 0.717) is 18.8 Å². The van der Waals surface area contributed by atoms with Gasteiger partial charge < -0.3 is 14.4 Å². The van der Waals surface area contributed by atoms with Crippen LogP contribution in [0.5, 0.6) is 5.75 Å². The van der Waals surface area contributed by atoms with Crippen LogP contribution in [-0.2, 0) is 14.3 Å². The molecule has 0 radical (unpaired) electrons. The Hall–Kier alpha value is -2.47. The highest BCUT2D eigenvalue weighted by Gasteiger charge is 2.29. The number of esters is 1. The lowest BCUT2D eigenvalue weighted by atomic mass is 10.1. The van der Waals surface area contributed by atoms with Crippen molar-refractivity contribution < 1.29 is 19.1 Å². The fourth-order valence-corrected chi connectivity index (χ4v) is 3.89. The first-order valence-electron chi connectivity index (χ1n) is 8.43. The van der Waals surface area contributed by atoms with Crippen LogP contribution < -0.4 is 4.74 Å². The number of hydrogen-bond acceptors (Lipinski definition) is 5. The summed E-state index contributed by atoms with van der Waals surface area (Å²) in [5, 5.41) is -0.317. The molecule has 136 valence electrons. The molecule has 2 aromatic rings. The molecule has 2 aromatic carbocycles. The van der Waals surface area contributed by atoms with Gasteiger partial charge in [-0.05, 0) is 23.3 Å². The molecule has 0 unspecified atom stereocenters. The summed E-state index contributed by atoms with van der Waals surface area (Å²) in [4.78, 5) is 25.7. The van der Waals surface area contributed by atoms with Gasteiger partial charge in [0.25, 0.3) is 5.91 Å². The number of nitrogens with zero attached hydrogens (tertiary/aromatic N) is 1. The van der Waals surface area contributed by atoms with Gasteiger partial charge in [-0.3, -0.25) is 9.59 Å². The standard InChI is InChI=1S/C20H21NO4S/c1-24-20(23)18-13-21(11-12-26-18)19(22)14-25-17-9-7-16(8-10-17)15-5-3-2-4-6-15/h2-10,18H,11-14H2,1H3/t18-/m1/s1. The van der Waals surface area contributed by atoms with Gasteiger partial charge in [0.2, 0.25) is 0 Å². The lowest BCUT2D eigenvalue weighted by Crippen LogP contribution is -2.46. The van der Waals surface area contributed by atoms with Crippen LogP contribution in [0, 0.1) is 0 Å². The molecule has 0 aliphatic carbocycles. The first-order chi connectivity index (χ1) is 12.7. The Morgan fingerprint density at radius 1 is 1.08 bits per heavy atom. The zero-order valence-electron chi connectivity index (χ0n) is 14.6. The van der Waals surface area contributed by atoms with Gasteiger partial charge >= 0.3 is 5.97 Å². The molecule has 6 heteroatoms. The molecule has 0 aromatic heterocycles. The van der Waals surface area contributed by atoms with Gasteiger partial charge in [0.15, 0.2) is 6.61 Å². The number of carbonyl (C=O) groups is 2. The quantitative estimate of drug-likeness (QED) is 0.757. The lowest BCUT2D eigenvalue weighted by molar-refractivity contribution is -0.141. The second kappa shape index (κ2) is 8.76. The van der Waals surface area contributed by atoms with Gasteiger partial charge in [-0.1, -0.05) is 42.5 Å². The number of ether oxygens (including phenoxy) is 2. The molecule has 0 bridgehead atoms. The Bertz CT molecular complexity index is 748. The molecule has 1 fully saturated rings. The second-order valence-corrected chi connectivity index (χ2v) is 7.21. The first-order valence-corrected chi connectivity index (χ1v) is 9.48. The number of rotatable bonds is 5. The summed E-state index contributed by atoms with van der Waals surface area (Å²) >= 11 is 1.52. The number of thioether (sulfide) groups is 1. The number of hydrogen-bond donors (Lipinski definition) is 0. The largest absolute Gasteiger partial charge is 0.484 e. The third-order valence-corrected chi connectivity index (χ3v) is 5.37. The fourth-order valence-electron chi connectivity index (χ4n) is 2.76. The van der Waals surface area contributed by atoms with E-state index in [9.17, 15) is 9.59 Å². The van der Waals surface area contributed by atoms with Crippen LogP contribution in [0.1, 0.15) is 0 Å². The van der Waals surface area contributed by atoms with Crippen molar-refractivity contribution in [2.75, 3.05) is 32.6 Å². The number of amides is 1. The van der Waals surface area contributed by atoms with Gasteiger partial charge in [-0.15, -0.1) is 11.8 Å². The molecule has 1 atom stereocenters. The third-order valence-electron chi connectivity index (χ3n) is 4.21. The van der Waals surface area contributed by atoms with Gasteiger partial charge in [-0.2, -0.15) is 0 Å². The van der Waals surface area contributed by atoms with Crippen molar-refractivity contribution in [2.45, 2.75) is 5.25 Å². The third kappa shape index (κ3) is 4.58. The van der Waals surface area contributed by atoms with Crippen LogP contribution in [0.3, 0.4) is 0 Å². The topological polar surface area (TPSA) is 55.8 Å². The lowest BCUT2D eigenvalue weighted by Gasteiger charge is -2.30. The molecular weight excluding hydrogens is 350 g/mol. The van der Waals surface area contributed by atoms with Crippen molar-refractivity contribution in [3.05, 3.63) is 54.6 Å². The van der Waals surface area contributed by atoms with E-state index in [0.717, 1.165) is 16.9 Å². The molecule has 26 heavy (non-hydrogen) atoms. The van der Waals surface area contributed by atoms with Crippen molar-refractivity contribution in [1.29, 1.82) is 0 Å². The van der Waals surface area contributed by atoms with Gasteiger partial charge in [0.05, 0.1) is 7.11 Å². The smallest absolute Gasteiger partial charge is 0.320 e. The molecule has 3 rings (SSSR count).